The molecule has 0 saturated heterocycles. The van der Waals surface area contributed by atoms with E-state index in [1.807, 2.05) is 6.92 Å². The first kappa shape index (κ1) is 20.0. The molecule has 0 heterocycles. The Morgan fingerprint density at radius 2 is 1.96 bits per heavy atom. The molecule has 0 aromatic heterocycles. The summed E-state index contributed by atoms with van der Waals surface area (Å²) < 4.78 is 4.90. The van der Waals surface area contributed by atoms with Crippen LogP contribution in [0.15, 0.2) is 18.2 Å². The molecule has 0 unspecified atom stereocenters. The molecule has 7 heteroatoms. The summed E-state index contributed by atoms with van der Waals surface area (Å²) in [4.78, 5) is 36.9. The van der Waals surface area contributed by atoms with Gasteiger partial charge < -0.3 is 15.0 Å². The summed E-state index contributed by atoms with van der Waals surface area (Å²) in [6.45, 7) is 6.81. The number of rotatable bonds is 7. The van der Waals surface area contributed by atoms with E-state index in [-0.39, 0.29) is 25.0 Å². The van der Waals surface area contributed by atoms with E-state index >= 15 is 0 Å². The molecule has 1 aromatic carbocycles. The van der Waals surface area contributed by atoms with Crippen molar-refractivity contribution < 1.29 is 19.1 Å². The molecule has 0 aliphatic rings. The van der Waals surface area contributed by atoms with Crippen LogP contribution in [0.25, 0.3) is 0 Å². The molecule has 1 N–H and O–H groups in total. The first-order chi connectivity index (χ1) is 11.2. The number of nitrogens with zero attached hydrogens (tertiary/aromatic N) is 1. The highest BCUT2D eigenvalue weighted by atomic mass is 35.5. The van der Waals surface area contributed by atoms with Gasteiger partial charge in [0.2, 0.25) is 5.91 Å². The summed E-state index contributed by atoms with van der Waals surface area (Å²) in [6.07, 6.45) is 0. The van der Waals surface area contributed by atoms with Crippen molar-refractivity contribution in [2.75, 3.05) is 25.0 Å². The van der Waals surface area contributed by atoms with Crippen molar-refractivity contribution in [1.29, 1.82) is 0 Å². The molecule has 1 rings (SSSR count). The zero-order valence-corrected chi connectivity index (χ0v) is 15.1. The Hall–Kier alpha value is -2.08. The van der Waals surface area contributed by atoms with Crippen molar-refractivity contribution in [3.8, 4) is 0 Å². The third kappa shape index (κ3) is 6.20. The fourth-order valence-electron chi connectivity index (χ4n) is 1.86. The van der Waals surface area contributed by atoms with E-state index in [2.05, 4.69) is 5.32 Å². The maximum absolute atomic E-state index is 12.1. The van der Waals surface area contributed by atoms with E-state index in [9.17, 15) is 14.4 Å². The number of hydrogen-bond donors (Lipinski definition) is 1. The first-order valence-corrected chi connectivity index (χ1v) is 8.12. The van der Waals surface area contributed by atoms with Gasteiger partial charge in [-0.25, -0.2) is 0 Å². The number of likely N-dealkylation sites (N-methyl/N-ethyl adjacent to an activating group) is 1. The van der Waals surface area contributed by atoms with Crippen LogP contribution in [-0.2, 0) is 19.1 Å². The van der Waals surface area contributed by atoms with Crippen LogP contribution >= 0.6 is 11.6 Å². The molecule has 0 atom stereocenters. The zero-order chi connectivity index (χ0) is 18.3. The molecule has 132 valence electrons. The van der Waals surface area contributed by atoms with Crippen LogP contribution in [0.2, 0.25) is 5.02 Å². The second kappa shape index (κ2) is 9.27. The van der Waals surface area contributed by atoms with Gasteiger partial charge >= 0.3 is 5.97 Å². The predicted molar refractivity (Wildman–Crippen MR) is 92.9 cm³/mol. The van der Waals surface area contributed by atoms with Crippen LogP contribution in [0.4, 0.5) is 5.69 Å². The number of carbonyl (C=O) groups excluding carboxylic acids is 3. The smallest absolute Gasteiger partial charge is 0.308 e. The van der Waals surface area contributed by atoms with E-state index in [1.54, 1.807) is 39.0 Å². The lowest BCUT2D eigenvalue weighted by Crippen LogP contribution is -2.40. The molecular formula is C17H23ClN2O4. The van der Waals surface area contributed by atoms with Gasteiger partial charge in [-0.2, -0.15) is 0 Å². The fraction of sp³-hybridized carbons (Fsp3) is 0.471. The van der Waals surface area contributed by atoms with Crippen molar-refractivity contribution >= 4 is 35.1 Å². The zero-order valence-electron chi connectivity index (χ0n) is 14.4. The third-order valence-corrected chi connectivity index (χ3v) is 3.59. The second-order valence-corrected chi connectivity index (χ2v) is 6.11. The van der Waals surface area contributed by atoms with Crippen molar-refractivity contribution in [2.24, 2.45) is 5.92 Å². The molecule has 1 aromatic rings. The summed E-state index contributed by atoms with van der Waals surface area (Å²) in [5.74, 6) is -1.50. The Balaban J connectivity index is 2.60. The number of benzene rings is 1. The minimum atomic E-state index is -0.446. The Bertz CT molecular complexity index is 617. The molecule has 0 bridgehead atoms. The lowest BCUT2D eigenvalue weighted by atomic mass is 10.2. The number of halogens is 1. The molecule has 0 aliphatic heterocycles. The fourth-order valence-corrected chi connectivity index (χ4v) is 2.03. The summed E-state index contributed by atoms with van der Waals surface area (Å²) in [5.41, 5.74) is 1.47. The van der Waals surface area contributed by atoms with Gasteiger partial charge in [-0.05, 0) is 31.5 Å². The third-order valence-electron chi connectivity index (χ3n) is 3.35. The number of carbonyl (C=O) groups is 3. The number of anilines is 1. The number of amides is 2. The van der Waals surface area contributed by atoms with Crippen molar-refractivity contribution in [3.05, 3.63) is 28.8 Å². The van der Waals surface area contributed by atoms with Gasteiger partial charge in [-0.15, -0.1) is 0 Å². The molecule has 0 saturated carbocycles. The number of aryl methyl sites for hydroxylation is 1. The normalized spacial score (nSPS) is 10.4. The van der Waals surface area contributed by atoms with Crippen molar-refractivity contribution in [2.45, 2.75) is 27.7 Å². The van der Waals surface area contributed by atoms with Crippen LogP contribution in [0, 0.1) is 12.8 Å². The molecule has 24 heavy (non-hydrogen) atoms. The van der Waals surface area contributed by atoms with Crippen LogP contribution in [0.5, 0.6) is 0 Å². The maximum atomic E-state index is 12.1. The number of esters is 1. The van der Waals surface area contributed by atoms with E-state index in [1.165, 1.54) is 4.90 Å². The van der Waals surface area contributed by atoms with Gasteiger partial charge in [0.1, 0.15) is 0 Å². The molecular weight excluding hydrogens is 332 g/mol. The Morgan fingerprint density at radius 1 is 1.29 bits per heavy atom. The number of ether oxygens (including phenoxy) is 1. The van der Waals surface area contributed by atoms with E-state index in [4.69, 9.17) is 16.3 Å². The van der Waals surface area contributed by atoms with Gasteiger partial charge in [0, 0.05) is 17.3 Å². The van der Waals surface area contributed by atoms with Gasteiger partial charge in [0.05, 0.1) is 12.5 Å². The summed E-state index contributed by atoms with van der Waals surface area (Å²) in [6, 6.07) is 5.18. The summed E-state index contributed by atoms with van der Waals surface area (Å²) in [5, 5.41) is 3.24. The Kier molecular flexibility index (Phi) is 7.71. The van der Waals surface area contributed by atoms with Crippen molar-refractivity contribution in [1.82, 2.24) is 4.90 Å². The monoisotopic (exact) mass is 354 g/mol. The van der Waals surface area contributed by atoms with Crippen LogP contribution < -0.4 is 5.32 Å². The highest BCUT2D eigenvalue weighted by Crippen LogP contribution is 2.20. The van der Waals surface area contributed by atoms with Gasteiger partial charge in [-0.1, -0.05) is 31.5 Å². The van der Waals surface area contributed by atoms with E-state index < -0.39 is 11.9 Å². The average Bonchev–Trinajstić information content (AvgIpc) is 2.53. The maximum Gasteiger partial charge on any atom is 0.308 e. The standard InChI is InChI=1S/C17H23ClN2O4/c1-5-20(16(22)10-24-17(23)11(2)3)9-15(21)19-14-8-13(18)7-6-12(14)4/h6-8,11H,5,9-10H2,1-4H3,(H,19,21). The van der Waals surface area contributed by atoms with Crippen LogP contribution in [0.1, 0.15) is 26.3 Å². The van der Waals surface area contributed by atoms with E-state index in [0.717, 1.165) is 5.56 Å². The summed E-state index contributed by atoms with van der Waals surface area (Å²) >= 11 is 5.92. The predicted octanol–water partition coefficient (Wildman–Crippen LogP) is 2.63. The first-order valence-electron chi connectivity index (χ1n) is 7.75. The van der Waals surface area contributed by atoms with Crippen LogP contribution in [-0.4, -0.2) is 42.4 Å². The molecule has 6 nitrogen and oxygen atoms in total. The Morgan fingerprint density at radius 3 is 2.54 bits per heavy atom. The number of nitrogens with one attached hydrogen (secondary N) is 1. The molecule has 0 aliphatic carbocycles. The van der Waals surface area contributed by atoms with Crippen molar-refractivity contribution in [3.63, 3.8) is 0 Å². The topological polar surface area (TPSA) is 75.7 Å². The second-order valence-electron chi connectivity index (χ2n) is 5.68. The van der Waals surface area contributed by atoms with E-state index in [0.29, 0.717) is 17.3 Å². The minimum absolute atomic E-state index is 0.124. The highest BCUT2D eigenvalue weighted by molar-refractivity contribution is 6.31. The summed E-state index contributed by atoms with van der Waals surface area (Å²) in [7, 11) is 0. The lowest BCUT2D eigenvalue weighted by Gasteiger charge is -2.20. The molecule has 0 radical (unpaired) electrons. The minimum Gasteiger partial charge on any atom is -0.455 e. The largest absolute Gasteiger partial charge is 0.455 e. The number of hydrogen-bond acceptors (Lipinski definition) is 4. The SMILES string of the molecule is CCN(CC(=O)Nc1cc(Cl)ccc1C)C(=O)COC(=O)C(C)C. The average molecular weight is 355 g/mol. The molecule has 2 amide bonds. The Labute approximate surface area is 147 Å². The van der Waals surface area contributed by atoms with Gasteiger partial charge in [-0.3, -0.25) is 14.4 Å². The quantitative estimate of drug-likeness (QED) is 0.764. The highest BCUT2D eigenvalue weighted by Gasteiger charge is 2.18. The van der Waals surface area contributed by atoms with Gasteiger partial charge in [0.25, 0.3) is 5.91 Å². The lowest BCUT2D eigenvalue weighted by molar-refractivity contribution is -0.154. The molecule has 0 spiro atoms. The van der Waals surface area contributed by atoms with Crippen LogP contribution in [0.3, 0.4) is 0 Å². The molecule has 0 fully saturated rings. The van der Waals surface area contributed by atoms with Gasteiger partial charge in [0.15, 0.2) is 6.61 Å².